The summed E-state index contributed by atoms with van der Waals surface area (Å²) in [4.78, 5) is 16.1. The first kappa shape index (κ1) is 20.2. The van der Waals surface area contributed by atoms with E-state index in [1.165, 1.54) is 14.7 Å². The van der Waals surface area contributed by atoms with Gasteiger partial charge in [0, 0.05) is 12.1 Å². The molecule has 0 heterocycles. The van der Waals surface area contributed by atoms with E-state index in [0.717, 1.165) is 17.5 Å². The van der Waals surface area contributed by atoms with Crippen molar-refractivity contribution in [1.82, 2.24) is 0 Å². The summed E-state index contributed by atoms with van der Waals surface area (Å²) in [5, 5.41) is 0. The highest BCUT2D eigenvalue weighted by atomic mass is 32.2. The summed E-state index contributed by atoms with van der Waals surface area (Å²) in [7, 11) is -0.207. The van der Waals surface area contributed by atoms with E-state index in [-0.39, 0.29) is 22.8 Å². The number of hydrogen-bond donors (Lipinski definition) is 0. The standard InChI is InChI=1S/C25H27O2S/c1-5-18(2)25(26)27-24-19(3)16-23(17-20(24)4)28(21-12-8-6-9-13-21)22-14-10-7-11-15-22/h6-18H,5H2,1-4H3/q+1. The zero-order chi connectivity index (χ0) is 20.1. The first-order valence-corrected chi connectivity index (χ1v) is 10.9. The first-order valence-electron chi connectivity index (χ1n) is 9.68. The van der Waals surface area contributed by atoms with Crippen LogP contribution in [0.5, 0.6) is 5.75 Å². The van der Waals surface area contributed by atoms with Gasteiger partial charge in [-0.1, -0.05) is 50.2 Å². The molecule has 0 fully saturated rings. The molecular formula is C25H27O2S+. The van der Waals surface area contributed by atoms with Crippen molar-refractivity contribution in [1.29, 1.82) is 0 Å². The Morgan fingerprint density at radius 1 is 0.857 bits per heavy atom. The molecule has 0 aromatic heterocycles. The molecule has 1 unspecified atom stereocenters. The Morgan fingerprint density at radius 2 is 1.32 bits per heavy atom. The second-order valence-electron chi connectivity index (χ2n) is 7.05. The van der Waals surface area contributed by atoms with Gasteiger partial charge in [-0.05, 0) is 55.7 Å². The van der Waals surface area contributed by atoms with Crippen LogP contribution in [0.4, 0.5) is 0 Å². The van der Waals surface area contributed by atoms with Crippen LogP contribution in [0, 0.1) is 19.8 Å². The quantitative estimate of drug-likeness (QED) is 0.278. The van der Waals surface area contributed by atoms with Crippen LogP contribution in [-0.2, 0) is 15.7 Å². The molecule has 0 bridgehead atoms. The smallest absolute Gasteiger partial charge is 0.314 e. The predicted molar refractivity (Wildman–Crippen MR) is 116 cm³/mol. The average Bonchev–Trinajstić information content (AvgIpc) is 2.71. The monoisotopic (exact) mass is 391 g/mol. The number of carbonyl (C=O) groups excluding carboxylic acids is 1. The zero-order valence-electron chi connectivity index (χ0n) is 16.9. The third-order valence-corrected chi connectivity index (χ3v) is 7.04. The topological polar surface area (TPSA) is 26.3 Å². The highest BCUT2D eigenvalue weighted by Crippen LogP contribution is 2.35. The fourth-order valence-electron chi connectivity index (χ4n) is 3.08. The Hall–Kier alpha value is -2.52. The summed E-state index contributed by atoms with van der Waals surface area (Å²) in [5.74, 6) is 0.437. The summed E-state index contributed by atoms with van der Waals surface area (Å²) < 4.78 is 5.74. The second-order valence-corrected chi connectivity index (χ2v) is 9.08. The van der Waals surface area contributed by atoms with Gasteiger partial charge in [0.2, 0.25) is 0 Å². The number of rotatable bonds is 6. The molecule has 3 heteroatoms. The lowest BCUT2D eigenvalue weighted by Crippen LogP contribution is -2.18. The number of ether oxygens (including phenoxy) is 1. The highest BCUT2D eigenvalue weighted by Gasteiger charge is 2.30. The molecule has 28 heavy (non-hydrogen) atoms. The van der Waals surface area contributed by atoms with Crippen molar-refractivity contribution in [2.75, 3.05) is 0 Å². The van der Waals surface area contributed by atoms with E-state index in [0.29, 0.717) is 5.75 Å². The lowest BCUT2D eigenvalue weighted by Gasteiger charge is -2.15. The molecule has 0 amide bonds. The van der Waals surface area contributed by atoms with Crippen molar-refractivity contribution in [3.05, 3.63) is 83.9 Å². The van der Waals surface area contributed by atoms with Crippen molar-refractivity contribution >= 4 is 16.9 Å². The minimum absolute atomic E-state index is 0.0956. The molecule has 1 atom stereocenters. The Balaban J connectivity index is 2.04. The maximum Gasteiger partial charge on any atom is 0.314 e. The summed E-state index contributed by atoms with van der Waals surface area (Å²) in [6.07, 6.45) is 0.778. The van der Waals surface area contributed by atoms with Crippen LogP contribution in [0.25, 0.3) is 0 Å². The number of carbonyl (C=O) groups is 1. The Kier molecular flexibility index (Phi) is 6.58. The van der Waals surface area contributed by atoms with Gasteiger partial charge in [-0.3, -0.25) is 4.79 Å². The molecule has 3 rings (SSSR count). The van der Waals surface area contributed by atoms with E-state index in [1.807, 2.05) is 39.8 Å². The van der Waals surface area contributed by atoms with Gasteiger partial charge in [0.05, 0.1) is 16.8 Å². The van der Waals surface area contributed by atoms with Crippen LogP contribution in [0.2, 0.25) is 0 Å². The van der Waals surface area contributed by atoms with E-state index < -0.39 is 0 Å². The first-order chi connectivity index (χ1) is 13.5. The molecule has 144 valence electrons. The predicted octanol–water partition coefficient (Wildman–Crippen LogP) is 6.35. The maximum absolute atomic E-state index is 12.3. The van der Waals surface area contributed by atoms with Crippen LogP contribution >= 0.6 is 0 Å². The molecule has 0 radical (unpaired) electrons. The Morgan fingerprint density at radius 3 is 1.75 bits per heavy atom. The lowest BCUT2D eigenvalue weighted by atomic mass is 10.1. The van der Waals surface area contributed by atoms with Crippen LogP contribution in [0.3, 0.4) is 0 Å². The molecule has 2 nitrogen and oxygen atoms in total. The molecule has 3 aromatic carbocycles. The van der Waals surface area contributed by atoms with Gasteiger partial charge in [-0.25, -0.2) is 0 Å². The average molecular weight is 392 g/mol. The van der Waals surface area contributed by atoms with Gasteiger partial charge in [0.1, 0.15) is 5.75 Å². The largest absolute Gasteiger partial charge is 0.426 e. The fourth-order valence-corrected chi connectivity index (χ4v) is 5.34. The third-order valence-electron chi connectivity index (χ3n) is 4.84. The van der Waals surface area contributed by atoms with Crippen LogP contribution in [-0.4, -0.2) is 5.97 Å². The van der Waals surface area contributed by atoms with Crippen LogP contribution in [0.15, 0.2) is 87.5 Å². The second kappa shape index (κ2) is 9.11. The highest BCUT2D eigenvalue weighted by molar-refractivity contribution is 7.97. The molecule has 0 N–H and O–H groups in total. The zero-order valence-corrected chi connectivity index (χ0v) is 17.8. The van der Waals surface area contributed by atoms with E-state index in [4.69, 9.17) is 4.74 Å². The summed E-state index contributed by atoms with van der Waals surface area (Å²) in [5.41, 5.74) is 1.99. The summed E-state index contributed by atoms with van der Waals surface area (Å²) >= 11 is 0. The lowest BCUT2D eigenvalue weighted by molar-refractivity contribution is -0.138. The Bertz CT molecular complexity index is 873. The maximum atomic E-state index is 12.3. The van der Waals surface area contributed by atoms with Gasteiger partial charge in [0.25, 0.3) is 0 Å². The van der Waals surface area contributed by atoms with E-state index in [2.05, 4.69) is 60.7 Å². The van der Waals surface area contributed by atoms with Crippen molar-refractivity contribution in [3.63, 3.8) is 0 Å². The van der Waals surface area contributed by atoms with Crippen molar-refractivity contribution < 1.29 is 9.53 Å². The Labute approximate surface area is 170 Å². The van der Waals surface area contributed by atoms with Crippen LogP contribution < -0.4 is 4.74 Å². The number of benzene rings is 3. The van der Waals surface area contributed by atoms with Crippen LogP contribution in [0.1, 0.15) is 31.4 Å². The summed E-state index contributed by atoms with van der Waals surface area (Å²) in [6, 6.07) is 25.5. The molecule has 0 aliphatic carbocycles. The molecule has 0 saturated carbocycles. The molecule has 0 saturated heterocycles. The summed E-state index contributed by atoms with van der Waals surface area (Å²) in [6.45, 7) is 7.95. The molecule has 0 aliphatic rings. The molecule has 0 aliphatic heterocycles. The van der Waals surface area contributed by atoms with Gasteiger partial charge >= 0.3 is 5.97 Å². The van der Waals surface area contributed by atoms with Gasteiger partial charge in [-0.2, -0.15) is 0 Å². The van der Waals surface area contributed by atoms with Crippen molar-refractivity contribution in [2.24, 2.45) is 5.92 Å². The van der Waals surface area contributed by atoms with E-state index in [1.54, 1.807) is 0 Å². The molecule has 3 aromatic rings. The van der Waals surface area contributed by atoms with E-state index >= 15 is 0 Å². The minimum atomic E-state index is -0.207. The number of aryl methyl sites for hydroxylation is 2. The van der Waals surface area contributed by atoms with Gasteiger partial charge < -0.3 is 4.74 Å². The molecular weight excluding hydrogens is 364 g/mol. The van der Waals surface area contributed by atoms with Crippen molar-refractivity contribution in [2.45, 2.75) is 48.8 Å². The van der Waals surface area contributed by atoms with Crippen molar-refractivity contribution in [3.8, 4) is 5.75 Å². The molecule has 0 spiro atoms. The van der Waals surface area contributed by atoms with Gasteiger partial charge in [-0.15, -0.1) is 0 Å². The minimum Gasteiger partial charge on any atom is -0.426 e. The SMILES string of the molecule is CCC(C)C(=O)Oc1c(C)cc([S+](c2ccccc2)c2ccccc2)cc1C. The fraction of sp³-hybridized carbons (Fsp3) is 0.240. The number of hydrogen-bond acceptors (Lipinski definition) is 2. The third kappa shape index (κ3) is 4.48. The normalized spacial score (nSPS) is 12.0. The van der Waals surface area contributed by atoms with Gasteiger partial charge in [0.15, 0.2) is 14.7 Å². The van der Waals surface area contributed by atoms with E-state index in [9.17, 15) is 4.79 Å². The number of esters is 1.